The van der Waals surface area contributed by atoms with E-state index in [1.54, 1.807) is 11.3 Å². The van der Waals surface area contributed by atoms with Crippen molar-refractivity contribution in [2.45, 2.75) is 6.10 Å². The number of hydrogen-bond donors (Lipinski definition) is 1. The number of hydrogen-bond acceptors (Lipinski definition) is 4. The lowest BCUT2D eigenvalue weighted by molar-refractivity contribution is -0.110. The smallest absolute Gasteiger partial charge is 0.256 e. The molecule has 1 amide bonds. The van der Waals surface area contributed by atoms with Crippen molar-refractivity contribution in [2.75, 3.05) is 18.5 Å². The van der Waals surface area contributed by atoms with Gasteiger partial charge in [0.2, 0.25) is 0 Å². The predicted molar refractivity (Wildman–Crippen MR) is 82.5 cm³/mol. The molecular weight excluding hydrogens is 286 g/mol. The van der Waals surface area contributed by atoms with Gasteiger partial charge < -0.3 is 14.8 Å². The van der Waals surface area contributed by atoms with E-state index in [1.807, 2.05) is 41.8 Å². The minimum absolute atomic E-state index is 0.0860. The Morgan fingerprint density at radius 3 is 3.05 bits per heavy atom. The van der Waals surface area contributed by atoms with Gasteiger partial charge >= 0.3 is 0 Å². The van der Waals surface area contributed by atoms with E-state index in [4.69, 9.17) is 9.47 Å². The van der Waals surface area contributed by atoms with Gasteiger partial charge in [-0.05, 0) is 29.7 Å². The van der Waals surface area contributed by atoms with Crippen LogP contribution in [0.15, 0.2) is 35.7 Å². The van der Waals surface area contributed by atoms with E-state index >= 15 is 0 Å². The van der Waals surface area contributed by atoms with Crippen LogP contribution in [0.4, 0.5) is 5.69 Å². The van der Waals surface area contributed by atoms with Crippen molar-refractivity contribution in [3.05, 3.63) is 46.2 Å². The van der Waals surface area contributed by atoms with E-state index in [9.17, 15) is 4.79 Å². The second-order valence-electron chi connectivity index (χ2n) is 4.97. The summed E-state index contributed by atoms with van der Waals surface area (Å²) < 4.78 is 11.0. The second kappa shape index (κ2) is 5.02. The summed E-state index contributed by atoms with van der Waals surface area (Å²) in [6.45, 7) is 1.28. The molecule has 1 aromatic carbocycles. The molecule has 5 heteroatoms. The Kier molecular flexibility index (Phi) is 3.02. The van der Waals surface area contributed by atoms with Crippen LogP contribution in [0.3, 0.4) is 0 Å². The van der Waals surface area contributed by atoms with E-state index in [0.717, 1.165) is 28.5 Å². The molecule has 2 aliphatic heterocycles. The second-order valence-corrected chi connectivity index (χ2v) is 5.95. The molecule has 1 unspecified atom stereocenters. The Hall–Kier alpha value is -2.11. The maximum absolute atomic E-state index is 12.2. The van der Waals surface area contributed by atoms with Crippen LogP contribution >= 0.6 is 11.3 Å². The SMILES string of the molecule is O=C1Nc2cccc(OCC3CO3)c2/C1=C/c1cccs1. The molecular formula is C16H13NO3S. The van der Waals surface area contributed by atoms with Crippen molar-refractivity contribution in [3.63, 3.8) is 0 Å². The number of thiophene rings is 1. The minimum Gasteiger partial charge on any atom is -0.490 e. The number of rotatable bonds is 4. The zero-order valence-corrected chi connectivity index (χ0v) is 12.0. The van der Waals surface area contributed by atoms with Gasteiger partial charge in [0.1, 0.15) is 18.5 Å². The maximum Gasteiger partial charge on any atom is 0.256 e. The number of carbonyl (C=O) groups is 1. The molecule has 1 atom stereocenters. The zero-order valence-electron chi connectivity index (χ0n) is 11.2. The van der Waals surface area contributed by atoms with Crippen LogP contribution in [0.25, 0.3) is 11.6 Å². The van der Waals surface area contributed by atoms with E-state index in [0.29, 0.717) is 12.2 Å². The summed E-state index contributed by atoms with van der Waals surface area (Å²) in [5, 5.41) is 4.88. The highest BCUT2D eigenvalue weighted by molar-refractivity contribution is 7.11. The monoisotopic (exact) mass is 299 g/mol. The average Bonchev–Trinajstić information content (AvgIpc) is 3.07. The normalized spacial score (nSPS) is 21.2. The Balaban J connectivity index is 1.73. The van der Waals surface area contributed by atoms with Crippen LogP contribution in [-0.4, -0.2) is 25.2 Å². The Morgan fingerprint density at radius 1 is 1.38 bits per heavy atom. The molecule has 4 rings (SSSR count). The number of epoxide rings is 1. The molecule has 1 fully saturated rings. The van der Waals surface area contributed by atoms with Crippen molar-refractivity contribution in [2.24, 2.45) is 0 Å². The summed E-state index contributed by atoms with van der Waals surface area (Å²) in [4.78, 5) is 13.3. The molecule has 21 heavy (non-hydrogen) atoms. The lowest BCUT2D eigenvalue weighted by Crippen LogP contribution is -2.05. The zero-order chi connectivity index (χ0) is 14.2. The van der Waals surface area contributed by atoms with Gasteiger partial charge in [-0.1, -0.05) is 12.1 Å². The van der Waals surface area contributed by atoms with E-state index in [1.165, 1.54) is 0 Å². The number of benzene rings is 1. The third kappa shape index (κ3) is 2.46. The Morgan fingerprint density at radius 2 is 2.29 bits per heavy atom. The van der Waals surface area contributed by atoms with Gasteiger partial charge in [-0.25, -0.2) is 0 Å². The standard InChI is InChI=1S/C16H13NO3S/c18-16-12(7-11-3-2-6-21-11)15-13(17-16)4-1-5-14(15)20-9-10-8-19-10/h1-7,10H,8-9H2,(H,17,18)/b12-7-. The van der Waals surface area contributed by atoms with Gasteiger partial charge in [-0.3, -0.25) is 4.79 Å². The van der Waals surface area contributed by atoms with Crippen LogP contribution in [0.2, 0.25) is 0 Å². The number of fused-ring (bicyclic) bond motifs is 1. The fourth-order valence-electron chi connectivity index (χ4n) is 2.34. The molecule has 0 bridgehead atoms. The van der Waals surface area contributed by atoms with E-state index in [-0.39, 0.29) is 12.0 Å². The highest BCUT2D eigenvalue weighted by Gasteiger charge is 2.29. The van der Waals surface area contributed by atoms with Gasteiger partial charge in [0.05, 0.1) is 23.4 Å². The van der Waals surface area contributed by atoms with Crippen LogP contribution < -0.4 is 10.1 Å². The highest BCUT2D eigenvalue weighted by atomic mass is 32.1. The molecule has 2 aromatic rings. The van der Waals surface area contributed by atoms with E-state index in [2.05, 4.69) is 5.32 Å². The lowest BCUT2D eigenvalue weighted by atomic mass is 10.1. The highest BCUT2D eigenvalue weighted by Crippen LogP contribution is 2.40. The summed E-state index contributed by atoms with van der Waals surface area (Å²) in [7, 11) is 0. The number of ether oxygens (including phenoxy) is 2. The molecule has 0 aliphatic carbocycles. The number of carbonyl (C=O) groups excluding carboxylic acids is 1. The first-order valence-corrected chi connectivity index (χ1v) is 7.63. The van der Waals surface area contributed by atoms with Crippen molar-refractivity contribution in [1.82, 2.24) is 0 Å². The summed E-state index contributed by atoms with van der Waals surface area (Å²) in [5.41, 5.74) is 2.30. The molecule has 1 saturated heterocycles. The van der Waals surface area contributed by atoms with Crippen LogP contribution in [0, 0.1) is 0 Å². The molecule has 4 nitrogen and oxygen atoms in total. The average molecular weight is 299 g/mol. The third-order valence-corrected chi connectivity index (χ3v) is 4.26. The van der Waals surface area contributed by atoms with Crippen LogP contribution in [0.1, 0.15) is 10.4 Å². The molecule has 0 saturated carbocycles. The summed E-state index contributed by atoms with van der Waals surface area (Å²) >= 11 is 1.60. The van der Waals surface area contributed by atoms with Crippen LogP contribution in [0.5, 0.6) is 5.75 Å². The minimum atomic E-state index is -0.0860. The first kappa shape index (κ1) is 12.6. The maximum atomic E-state index is 12.2. The molecule has 1 aromatic heterocycles. The largest absolute Gasteiger partial charge is 0.490 e. The molecule has 1 N–H and O–H groups in total. The fraction of sp³-hybridized carbons (Fsp3) is 0.188. The first-order chi connectivity index (χ1) is 10.3. The Bertz CT molecular complexity index is 717. The van der Waals surface area contributed by atoms with Crippen molar-refractivity contribution in [3.8, 4) is 5.75 Å². The molecule has 3 heterocycles. The van der Waals surface area contributed by atoms with Gasteiger partial charge in [-0.15, -0.1) is 11.3 Å². The van der Waals surface area contributed by atoms with Gasteiger partial charge in [0, 0.05) is 4.88 Å². The van der Waals surface area contributed by atoms with Crippen molar-refractivity contribution < 1.29 is 14.3 Å². The Labute approximate surface area is 126 Å². The molecule has 106 valence electrons. The number of nitrogens with one attached hydrogen (secondary N) is 1. The van der Waals surface area contributed by atoms with Gasteiger partial charge in [0.25, 0.3) is 5.91 Å². The number of anilines is 1. The van der Waals surface area contributed by atoms with Crippen molar-refractivity contribution >= 4 is 34.6 Å². The van der Waals surface area contributed by atoms with E-state index < -0.39 is 0 Å². The summed E-state index contributed by atoms with van der Waals surface area (Å²) in [5.74, 6) is 0.640. The topological polar surface area (TPSA) is 50.9 Å². The van der Waals surface area contributed by atoms with Gasteiger partial charge in [-0.2, -0.15) is 0 Å². The quantitative estimate of drug-likeness (QED) is 0.697. The van der Waals surface area contributed by atoms with Gasteiger partial charge in [0.15, 0.2) is 0 Å². The van der Waals surface area contributed by atoms with Crippen molar-refractivity contribution in [1.29, 1.82) is 0 Å². The molecule has 0 spiro atoms. The predicted octanol–water partition coefficient (Wildman–Crippen LogP) is 3.02. The summed E-state index contributed by atoms with van der Waals surface area (Å²) in [6.07, 6.45) is 2.10. The van der Waals surface area contributed by atoms with Crippen LogP contribution in [-0.2, 0) is 9.53 Å². The molecule has 2 aliphatic rings. The first-order valence-electron chi connectivity index (χ1n) is 6.75. The third-order valence-electron chi connectivity index (χ3n) is 3.45. The summed E-state index contributed by atoms with van der Waals surface area (Å²) in [6, 6.07) is 9.63. The molecule has 0 radical (unpaired) electrons. The number of amides is 1. The lowest BCUT2D eigenvalue weighted by Gasteiger charge is -2.09. The fourth-order valence-corrected chi connectivity index (χ4v) is 2.99.